The summed E-state index contributed by atoms with van der Waals surface area (Å²) < 4.78 is 11.0. The van der Waals surface area contributed by atoms with Crippen LogP contribution in [-0.2, 0) is 4.74 Å². The van der Waals surface area contributed by atoms with E-state index in [2.05, 4.69) is 25.3 Å². The summed E-state index contributed by atoms with van der Waals surface area (Å²) in [4.78, 5) is 12.3. The van der Waals surface area contributed by atoms with E-state index in [9.17, 15) is 4.79 Å². The molecule has 0 bridgehead atoms. The molecule has 9 nitrogen and oxygen atoms in total. The number of benzene rings is 1. The summed E-state index contributed by atoms with van der Waals surface area (Å²) in [7, 11) is 0. The van der Waals surface area contributed by atoms with Crippen LogP contribution < -0.4 is 5.73 Å². The predicted octanol–water partition coefficient (Wildman–Crippen LogP) is 1.69. The van der Waals surface area contributed by atoms with Gasteiger partial charge < -0.3 is 10.5 Å². The van der Waals surface area contributed by atoms with Crippen molar-refractivity contribution in [3.05, 3.63) is 35.0 Å². The van der Waals surface area contributed by atoms with Gasteiger partial charge in [-0.3, -0.25) is 0 Å². The summed E-state index contributed by atoms with van der Waals surface area (Å²) in [6.07, 6.45) is 0. The summed E-state index contributed by atoms with van der Waals surface area (Å²) in [6, 6.07) is 5.80. The van der Waals surface area contributed by atoms with Crippen LogP contribution in [0.25, 0.3) is 17.1 Å². The van der Waals surface area contributed by atoms with Gasteiger partial charge in [0, 0.05) is 5.56 Å². The quantitative estimate of drug-likeness (QED) is 0.718. The number of aryl methyl sites for hydroxylation is 2. The van der Waals surface area contributed by atoms with Crippen molar-refractivity contribution in [2.24, 2.45) is 0 Å². The Morgan fingerprint density at radius 2 is 2.12 bits per heavy atom. The first kappa shape index (κ1) is 15.7. The highest BCUT2D eigenvalue weighted by atomic mass is 16.6. The van der Waals surface area contributed by atoms with Gasteiger partial charge in [-0.15, -0.1) is 5.10 Å². The van der Waals surface area contributed by atoms with Crippen LogP contribution in [-0.4, -0.2) is 37.9 Å². The Hall–Kier alpha value is -3.23. The first-order valence-electron chi connectivity index (χ1n) is 7.31. The molecule has 2 aromatic heterocycles. The molecule has 0 atom stereocenters. The van der Waals surface area contributed by atoms with Crippen molar-refractivity contribution in [1.82, 2.24) is 25.3 Å². The second-order valence-corrected chi connectivity index (χ2v) is 5.21. The van der Waals surface area contributed by atoms with E-state index in [0.717, 1.165) is 16.7 Å². The maximum atomic E-state index is 12.3. The average molecular weight is 328 g/mol. The number of anilines is 1. The van der Waals surface area contributed by atoms with Crippen LogP contribution in [0.2, 0.25) is 0 Å². The average Bonchev–Trinajstić information content (AvgIpc) is 3.13. The molecule has 24 heavy (non-hydrogen) atoms. The molecule has 0 amide bonds. The van der Waals surface area contributed by atoms with E-state index in [-0.39, 0.29) is 23.9 Å². The number of aromatic nitrogens is 5. The molecule has 124 valence electrons. The number of nitrogens with two attached hydrogens (primary N) is 1. The third-order valence-electron chi connectivity index (χ3n) is 3.47. The molecule has 3 rings (SSSR count). The van der Waals surface area contributed by atoms with Crippen LogP contribution in [0, 0.1) is 13.8 Å². The van der Waals surface area contributed by atoms with Crippen molar-refractivity contribution in [3.8, 4) is 17.1 Å². The fourth-order valence-corrected chi connectivity index (χ4v) is 2.43. The Kier molecular flexibility index (Phi) is 3.98. The van der Waals surface area contributed by atoms with E-state index < -0.39 is 5.97 Å². The number of nitrogens with zero attached hydrogens (tertiary/aromatic N) is 5. The minimum atomic E-state index is -0.575. The Morgan fingerprint density at radius 1 is 1.33 bits per heavy atom. The van der Waals surface area contributed by atoms with Gasteiger partial charge in [0.25, 0.3) is 0 Å². The molecular weight excluding hydrogens is 312 g/mol. The molecule has 0 radical (unpaired) electrons. The van der Waals surface area contributed by atoms with Crippen molar-refractivity contribution >= 4 is 11.8 Å². The van der Waals surface area contributed by atoms with Gasteiger partial charge in [-0.2, -0.15) is 4.68 Å². The van der Waals surface area contributed by atoms with Gasteiger partial charge in [0.2, 0.25) is 11.6 Å². The van der Waals surface area contributed by atoms with Crippen molar-refractivity contribution in [2.45, 2.75) is 20.8 Å². The monoisotopic (exact) mass is 328 g/mol. The molecule has 9 heteroatoms. The molecule has 0 aliphatic carbocycles. The number of esters is 1. The van der Waals surface area contributed by atoms with Crippen LogP contribution in [0.4, 0.5) is 5.82 Å². The molecule has 3 aromatic rings. The lowest BCUT2D eigenvalue weighted by Crippen LogP contribution is -2.09. The lowest BCUT2D eigenvalue weighted by Gasteiger charge is -2.09. The smallest absolute Gasteiger partial charge is 0.361 e. The minimum Gasteiger partial charge on any atom is -0.461 e. The first-order chi connectivity index (χ1) is 11.5. The van der Waals surface area contributed by atoms with Crippen molar-refractivity contribution in [2.75, 3.05) is 12.3 Å². The van der Waals surface area contributed by atoms with Crippen LogP contribution in [0.15, 0.2) is 22.8 Å². The Bertz CT molecular complexity index is 899. The molecule has 2 N–H and O–H groups in total. The van der Waals surface area contributed by atoms with Gasteiger partial charge in [0.05, 0.1) is 6.61 Å². The van der Waals surface area contributed by atoms with Gasteiger partial charge in [0.15, 0.2) is 5.69 Å². The normalized spacial score (nSPS) is 10.8. The molecular formula is C15H16N6O3. The Balaban J connectivity index is 2.25. The minimum absolute atomic E-state index is 0.0429. The van der Waals surface area contributed by atoms with E-state index in [0.29, 0.717) is 5.69 Å². The summed E-state index contributed by atoms with van der Waals surface area (Å²) >= 11 is 0. The Labute approximate surface area is 137 Å². The summed E-state index contributed by atoms with van der Waals surface area (Å²) in [5.41, 5.74) is 9.05. The molecule has 1 aromatic carbocycles. The summed E-state index contributed by atoms with van der Waals surface area (Å²) in [5, 5.41) is 15.2. The van der Waals surface area contributed by atoms with Crippen molar-refractivity contribution in [1.29, 1.82) is 0 Å². The zero-order valence-electron chi connectivity index (χ0n) is 13.5. The second-order valence-electron chi connectivity index (χ2n) is 5.21. The number of carbonyl (C=O) groups excluding carboxylic acids is 1. The van der Waals surface area contributed by atoms with Gasteiger partial charge in [-0.25, -0.2) is 9.42 Å². The topological polar surface area (TPSA) is 122 Å². The van der Waals surface area contributed by atoms with Crippen LogP contribution in [0.5, 0.6) is 0 Å². The molecule has 0 aliphatic rings. The van der Waals surface area contributed by atoms with Gasteiger partial charge >= 0.3 is 5.97 Å². The zero-order chi connectivity index (χ0) is 17.3. The highest BCUT2D eigenvalue weighted by Gasteiger charge is 2.26. The number of rotatable bonds is 4. The largest absolute Gasteiger partial charge is 0.461 e. The maximum absolute atomic E-state index is 12.3. The molecule has 2 heterocycles. The SMILES string of the molecule is CCOC(=O)c1nnn(-c2nonc2N)c1-c1ccc(C)cc1C. The van der Waals surface area contributed by atoms with Gasteiger partial charge in [0.1, 0.15) is 5.69 Å². The fraction of sp³-hybridized carbons (Fsp3) is 0.267. The van der Waals surface area contributed by atoms with Crippen LogP contribution in [0.3, 0.4) is 0 Å². The number of hydrogen-bond acceptors (Lipinski definition) is 8. The Morgan fingerprint density at radius 3 is 2.75 bits per heavy atom. The molecule has 0 unspecified atom stereocenters. The van der Waals surface area contributed by atoms with Gasteiger partial charge in [-0.05, 0) is 36.6 Å². The highest BCUT2D eigenvalue weighted by Crippen LogP contribution is 2.29. The lowest BCUT2D eigenvalue weighted by molar-refractivity contribution is 0.0520. The molecule has 0 spiro atoms. The summed E-state index contributed by atoms with van der Waals surface area (Å²) in [6.45, 7) is 5.86. The number of nitrogen functional groups attached to an aromatic ring is 1. The van der Waals surface area contributed by atoms with Gasteiger partial charge in [-0.1, -0.05) is 29.0 Å². The fourth-order valence-electron chi connectivity index (χ4n) is 2.43. The summed E-state index contributed by atoms with van der Waals surface area (Å²) in [5.74, 6) is -0.372. The van der Waals surface area contributed by atoms with Crippen molar-refractivity contribution in [3.63, 3.8) is 0 Å². The number of hydrogen-bond donors (Lipinski definition) is 1. The third-order valence-corrected chi connectivity index (χ3v) is 3.47. The zero-order valence-corrected chi connectivity index (χ0v) is 13.5. The van der Waals surface area contributed by atoms with E-state index in [1.165, 1.54) is 4.68 Å². The lowest BCUT2D eigenvalue weighted by atomic mass is 10.0. The van der Waals surface area contributed by atoms with Crippen molar-refractivity contribution < 1.29 is 14.2 Å². The predicted molar refractivity (Wildman–Crippen MR) is 84.5 cm³/mol. The molecule has 0 fully saturated rings. The number of carbonyl (C=O) groups is 1. The molecule has 0 aliphatic heterocycles. The third kappa shape index (κ3) is 2.60. The molecule has 0 saturated carbocycles. The van der Waals surface area contributed by atoms with Crippen LogP contribution in [0.1, 0.15) is 28.5 Å². The molecule has 0 saturated heterocycles. The maximum Gasteiger partial charge on any atom is 0.361 e. The second kappa shape index (κ2) is 6.11. The van der Waals surface area contributed by atoms with E-state index in [1.807, 2.05) is 32.0 Å². The standard InChI is InChI=1S/C15H16N6O3/c1-4-23-15(22)11-12(10-6-5-8(2)7-9(10)3)21(20-17-11)14-13(16)18-24-19-14/h5-7H,4H2,1-3H3,(H2,16,18). The van der Waals surface area contributed by atoms with E-state index in [4.69, 9.17) is 10.5 Å². The first-order valence-corrected chi connectivity index (χ1v) is 7.31. The van der Waals surface area contributed by atoms with Crippen LogP contribution >= 0.6 is 0 Å². The van der Waals surface area contributed by atoms with E-state index >= 15 is 0 Å². The van der Waals surface area contributed by atoms with E-state index in [1.54, 1.807) is 6.92 Å². The highest BCUT2D eigenvalue weighted by molar-refractivity contribution is 5.95. The number of ether oxygens (including phenoxy) is 1.